The van der Waals surface area contributed by atoms with Crippen LogP contribution in [-0.2, 0) is 9.53 Å². The van der Waals surface area contributed by atoms with E-state index in [4.69, 9.17) is 0 Å². The first kappa shape index (κ1) is 10.7. The third-order valence-electron chi connectivity index (χ3n) is 1.05. The van der Waals surface area contributed by atoms with Crippen molar-refractivity contribution in [1.82, 2.24) is 0 Å². The van der Waals surface area contributed by atoms with E-state index in [9.17, 15) is 4.79 Å². The van der Waals surface area contributed by atoms with Crippen LogP contribution >= 0.6 is 15.9 Å². The van der Waals surface area contributed by atoms with Gasteiger partial charge in [0.1, 0.15) is 6.61 Å². The Labute approximate surface area is 75.7 Å². The van der Waals surface area contributed by atoms with Crippen LogP contribution in [0, 0.1) is 0 Å². The van der Waals surface area contributed by atoms with Crippen molar-refractivity contribution in [2.45, 2.75) is 19.8 Å². The lowest BCUT2D eigenvalue weighted by molar-refractivity contribution is -0.139. The maximum Gasteiger partial charge on any atom is 0.302 e. The normalized spacial score (nSPS) is 10.4. The lowest BCUT2D eigenvalue weighted by atomic mass is 10.3. The molecule has 0 saturated carbocycles. The number of carbonyl (C=O) groups is 1. The van der Waals surface area contributed by atoms with Gasteiger partial charge in [-0.2, -0.15) is 0 Å². The van der Waals surface area contributed by atoms with Crippen molar-refractivity contribution in [1.29, 1.82) is 0 Å². The molecule has 0 rings (SSSR count). The SMILES string of the molecule is CC(=O)OCC=CCCCBr. The number of allylic oxidation sites excluding steroid dienone is 1. The molecule has 0 aliphatic heterocycles. The zero-order chi connectivity index (χ0) is 8.53. The van der Waals surface area contributed by atoms with Gasteiger partial charge in [-0.25, -0.2) is 0 Å². The standard InChI is InChI=1S/C8H13BrO2/c1-8(10)11-7-5-3-2-4-6-9/h3,5H,2,4,6-7H2,1H3. The van der Waals surface area contributed by atoms with Crippen LogP contribution in [0.15, 0.2) is 12.2 Å². The van der Waals surface area contributed by atoms with Gasteiger partial charge in [-0.1, -0.05) is 28.1 Å². The third kappa shape index (κ3) is 9.69. The zero-order valence-electron chi connectivity index (χ0n) is 6.68. The van der Waals surface area contributed by atoms with Gasteiger partial charge in [0.2, 0.25) is 0 Å². The van der Waals surface area contributed by atoms with Crippen LogP contribution in [0.1, 0.15) is 19.8 Å². The molecule has 0 aliphatic carbocycles. The van der Waals surface area contributed by atoms with Gasteiger partial charge in [0.15, 0.2) is 0 Å². The predicted octanol–water partition coefficient (Wildman–Crippen LogP) is 2.28. The van der Waals surface area contributed by atoms with Gasteiger partial charge >= 0.3 is 5.97 Å². The molecule has 3 heteroatoms. The number of rotatable bonds is 5. The number of hydrogen-bond donors (Lipinski definition) is 0. The van der Waals surface area contributed by atoms with Crippen LogP contribution in [0.4, 0.5) is 0 Å². The summed E-state index contributed by atoms with van der Waals surface area (Å²) in [6, 6.07) is 0. The summed E-state index contributed by atoms with van der Waals surface area (Å²) in [5.74, 6) is -0.227. The van der Waals surface area contributed by atoms with E-state index in [1.165, 1.54) is 6.92 Å². The molecule has 0 aromatic rings. The van der Waals surface area contributed by atoms with Crippen LogP contribution in [0.25, 0.3) is 0 Å². The topological polar surface area (TPSA) is 26.3 Å². The minimum atomic E-state index is -0.227. The van der Waals surface area contributed by atoms with Crippen molar-refractivity contribution in [3.8, 4) is 0 Å². The molecular weight excluding hydrogens is 208 g/mol. The summed E-state index contributed by atoms with van der Waals surface area (Å²) < 4.78 is 4.68. The molecule has 0 spiro atoms. The Kier molecular flexibility index (Phi) is 7.57. The molecule has 0 atom stereocenters. The minimum Gasteiger partial charge on any atom is -0.462 e. The molecule has 0 aliphatic rings. The molecule has 2 nitrogen and oxygen atoms in total. The van der Waals surface area contributed by atoms with E-state index in [0.29, 0.717) is 6.61 Å². The Balaban J connectivity index is 3.10. The van der Waals surface area contributed by atoms with Crippen molar-refractivity contribution in [2.75, 3.05) is 11.9 Å². The monoisotopic (exact) mass is 220 g/mol. The molecule has 0 saturated heterocycles. The molecule has 0 amide bonds. The summed E-state index contributed by atoms with van der Waals surface area (Å²) >= 11 is 3.32. The molecule has 0 unspecified atom stereocenters. The second-order valence-corrected chi connectivity index (χ2v) is 2.90. The third-order valence-corrected chi connectivity index (χ3v) is 1.61. The fourth-order valence-electron chi connectivity index (χ4n) is 0.546. The smallest absolute Gasteiger partial charge is 0.302 e. The Morgan fingerprint density at radius 2 is 2.27 bits per heavy atom. The van der Waals surface area contributed by atoms with Crippen molar-refractivity contribution in [2.24, 2.45) is 0 Å². The van der Waals surface area contributed by atoms with E-state index in [0.717, 1.165) is 18.2 Å². The number of ether oxygens (including phenoxy) is 1. The fraction of sp³-hybridized carbons (Fsp3) is 0.625. The van der Waals surface area contributed by atoms with Gasteiger partial charge in [0.25, 0.3) is 0 Å². The molecular formula is C8H13BrO2. The van der Waals surface area contributed by atoms with Gasteiger partial charge in [0.05, 0.1) is 0 Å². The summed E-state index contributed by atoms with van der Waals surface area (Å²) in [6.45, 7) is 1.81. The molecule has 64 valence electrons. The summed E-state index contributed by atoms with van der Waals surface area (Å²) in [5, 5.41) is 1.02. The molecule has 0 aromatic carbocycles. The molecule has 0 aromatic heterocycles. The number of esters is 1. The molecule has 11 heavy (non-hydrogen) atoms. The van der Waals surface area contributed by atoms with Crippen LogP contribution in [0.5, 0.6) is 0 Å². The fourth-order valence-corrected chi connectivity index (χ4v) is 0.870. The highest BCUT2D eigenvalue weighted by Gasteiger charge is 1.86. The summed E-state index contributed by atoms with van der Waals surface area (Å²) in [6.07, 6.45) is 6.04. The highest BCUT2D eigenvalue weighted by Crippen LogP contribution is 1.94. The second-order valence-electron chi connectivity index (χ2n) is 2.11. The zero-order valence-corrected chi connectivity index (χ0v) is 8.26. The summed E-state index contributed by atoms with van der Waals surface area (Å²) in [5.41, 5.74) is 0. The van der Waals surface area contributed by atoms with Gasteiger partial charge < -0.3 is 4.74 Å². The lowest BCUT2D eigenvalue weighted by Gasteiger charge is -1.93. The van der Waals surface area contributed by atoms with Crippen molar-refractivity contribution in [3.63, 3.8) is 0 Å². The maximum absolute atomic E-state index is 10.3. The average Bonchev–Trinajstić information content (AvgIpc) is 1.96. The second kappa shape index (κ2) is 7.79. The van der Waals surface area contributed by atoms with Crippen molar-refractivity contribution >= 4 is 21.9 Å². The largest absolute Gasteiger partial charge is 0.462 e. The Morgan fingerprint density at radius 3 is 2.82 bits per heavy atom. The molecule has 0 heterocycles. The van der Waals surface area contributed by atoms with E-state index in [1.54, 1.807) is 0 Å². The average molecular weight is 221 g/mol. The van der Waals surface area contributed by atoms with Crippen molar-refractivity contribution in [3.05, 3.63) is 12.2 Å². The van der Waals surface area contributed by atoms with Gasteiger partial charge in [-0.05, 0) is 12.8 Å². The highest BCUT2D eigenvalue weighted by molar-refractivity contribution is 9.09. The molecule has 0 bridgehead atoms. The molecule has 0 N–H and O–H groups in total. The van der Waals surface area contributed by atoms with E-state index in [1.807, 2.05) is 12.2 Å². The minimum absolute atomic E-state index is 0.227. The van der Waals surface area contributed by atoms with Crippen LogP contribution < -0.4 is 0 Å². The highest BCUT2D eigenvalue weighted by atomic mass is 79.9. The molecule has 0 fully saturated rings. The maximum atomic E-state index is 10.3. The quantitative estimate of drug-likeness (QED) is 0.308. The lowest BCUT2D eigenvalue weighted by Crippen LogP contribution is -1.97. The van der Waals surface area contributed by atoms with E-state index in [2.05, 4.69) is 20.7 Å². The van der Waals surface area contributed by atoms with E-state index < -0.39 is 0 Å². The predicted molar refractivity (Wildman–Crippen MR) is 48.8 cm³/mol. The number of hydrogen-bond acceptors (Lipinski definition) is 2. The Hall–Kier alpha value is -0.310. The van der Waals surface area contributed by atoms with E-state index in [-0.39, 0.29) is 5.97 Å². The molecule has 0 radical (unpaired) electrons. The number of alkyl halides is 1. The summed E-state index contributed by atoms with van der Waals surface area (Å²) in [7, 11) is 0. The first-order valence-electron chi connectivity index (χ1n) is 3.61. The number of unbranched alkanes of at least 4 members (excludes halogenated alkanes) is 1. The van der Waals surface area contributed by atoms with Crippen LogP contribution in [0.3, 0.4) is 0 Å². The van der Waals surface area contributed by atoms with Gasteiger partial charge in [-0.15, -0.1) is 0 Å². The summed E-state index contributed by atoms with van der Waals surface area (Å²) in [4.78, 5) is 10.3. The van der Waals surface area contributed by atoms with Gasteiger partial charge in [-0.3, -0.25) is 4.79 Å². The number of halogens is 1. The number of carbonyl (C=O) groups excluding carboxylic acids is 1. The van der Waals surface area contributed by atoms with Crippen LogP contribution in [-0.4, -0.2) is 17.9 Å². The Morgan fingerprint density at radius 1 is 1.55 bits per heavy atom. The van der Waals surface area contributed by atoms with E-state index >= 15 is 0 Å². The van der Waals surface area contributed by atoms with Gasteiger partial charge in [0, 0.05) is 12.3 Å². The first-order chi connectivity index (χ1) is 5.27. The van der Waals surface area contributed by atoms with Crippen LogP contribution in [0.2, 0.25) is 0 Å². The van der Waals surface area contributed by atoms with Crippen molar-refractivity contribution < 1.29 is 9.53 Å². The Bertz CT molecular complexity index is 132. The first-order valence-corrected chi connectivity index (χ1v) is 4.74.